The smallest absolute Gasteiger partial charge is 0.226 e. The number of rotatable bonds is 3. The summed E-state index contributed by atoms with van der Waals surface area (Å²) in [6, 6.07) is 16.1. The molecule has 3 atom stereocenters. The molecule has 2 aromatic rings. The summed E-state index contributed by atoms with van der Waals surface area (Å²) in [5, 5.41) is 22.6. The molecule has 3 aliphatic rings. The predicted octanol–water partition coefficient (Wildman–Crippen LogP) is 4.48. The molecule has 0 aromatic heterocycles. The Balaban J connectivity index is 1.51. The van der Waals surface area contributed by atoms with Crippen LogP contribution in [0.1, 0.15) is 55.7 Å². The third kappa shape index (κ3) is 3.59. The van der Waals surface area contributed by atoms with Gasteiger partial charge in [0.05, 0.1) is 30.3 Å². The van der Waals surface area contributed by atoms with Crippen LogP contribution >= 0.6 is 0 Å². The van der Waals surface area contributed by atoms with Gasteiger partial charge in [0.15, 0.2) is 0 Å². The Labute approximate surface area is 183 Å². The van der Waals surface area contributed by atoms with E-state index < -0.39 is 0 Å². The number of aliphatic hydroxyl groups is 1. The summed E-state index contributed by atoms with van der Waals surface area (Å²) >= 11 is 0. The van der Waals surface area contributed by atoms with Gasteiger partial charge in [0.1, 0.15) is 0 Å². The van der Waals surface area contributed by atoms with Crippen LogP contribution in [0.3, 0.4) is 0 Å². The first-order chi connectivity index (χ1) is 15.2. The standard InChI is InChI=1S/C26H29N3O2/c27-15-17-6-8-18(9-7-17)20-10-11-23-22(14-20)25-21(24(16-30)28-23)12-13-29(25)26(31)19-4-2-1-3-5-19/h6-11,14,19,21,24-25,28,30H,1-5,12-13,16H2/t21-,24+,25-/m0/s1. The van der Waals surface area contributed by atoms with Gasteiger partial charge >= 0.3 is 0 Å². The Morgan fingerprint density at radius 1 is 1.06 bits per heavy atom. The Kier molecular flexibility index (Phi) is 5.41. The second-order valence-corrected chi connectivity index (χ2v) is 9.19. The van der Waals surface area contributed by atoms with Crippen molar-refractivity contribution in [2.75, 3.05) is 18.5 Å². The third-order valence-corrected chi connectivity index (χ3v) is 7.45. The van der Waals surface area contributed by atoms with Crippen molar-refractivity contribution in [2.24, 2.45) is 11.8 Å². The fourth-order valence-electron chi connectivity index (χ4n) is 5.81. The molecule has 5 rings (SSSR count). The number of hydrogen-bond acceptors (Lipinski definition) is 4. The number of nitrogens with zero attached hydrogens (tertiary/aromatic N) is 2. The van der Waals surface area contributed by atoms with E-state index in [0.29, 0.717) is 11.5 Å². The molecule has 1 saturated carbocycles. The average Bonchev–Trinajstić information content (AvgIpc) is 3.29. The summed E-state index contributed by atoms with van der Waals surface area (Å²) < 4.78 is 0. The molecule has 2 heterocycles. The highest BCUT2D eigenvalue weighted by molar-refractivity contribution is 5.81. The summed E-state index contributed by atoms with van der Waals surface area (Å²) in [4.78, 5) is 15.6. The first-order valence-corrected chi connectivity index (χ1v) is 11.5. The van der Waals surface area contributed by atoms with E-state index in [1.165, 1.54) is 6.42 Å². The number of fused-ring (bicyclic) bond motifs is 3. The number of carbonyl (C=O) groups excluding carboxylic acids is 1. The summed E-state index contributed by atoms with van der Waals surface area (Å²) in [5.74, 6) is 0.682. The number of aliphatic hydroxyl groups excluding tert-OH is 1. The van der Waals surface area contributed by atoms with Gasteiger partial charge in [0.25, 0.3) is 0 Å². The molecule has 1 amide bonds. The first-order valence-electron chi connectivity index (χ1n) is 11.5. The Morgan fingerprint density at radius 3 is 2.52 bits per heavy atom. The van der Waals surface area contributed by atoms with Crippen LogP contribution in [0.15, 0.2) is 42.5 Å². The zero-order valence-electron chi connectivity index (χ0n) is 17.8. The van der Waals surface area contributed by atoms with Gasteiger partial charge in [-0.1, -0.05) is 37.5 Å². The minimum atomic E-state index is -0.0255. The molecule has 0 unspecified atom stereocenters. The maximum absolute atomic E-state index is 13.5. The van der Waals surface area contributed by atoms with Crippen molar-refractivity contribution in [1.29, 1.82) is 5.26 Å². The maximum Gasteiger partial charge on any atom is 0.226 e. The van der Waals surface area contributed by atoms with Crippen LogP contribution in [-0.2, 0) is 4.79 Å². The Hall–Kier alpha value is -2.84. The van der Waals surface area contributed by atoms with Crippen molar-refractivity contribution < 1.29 is 9.90 Å². The Bertz CT molecular complexity index is 1000. The zero-order valence-corrected chi connectivity index (χ0v) is 17.8. The Morgan fingerprint density at radius 2 is 1.81 bits per heavy atom. The molecule has 31 heavy (non-hydrogen) atoms. The molecule has 2 N–H and O–H groups in total. The van der Waals surface area contributed by atoms with Gasteiger partial charge in [-0.3, -0.25) is 4.79 Å². The van der Waals surface area contributed by atoms with Crippen LogP contribution in [0.5, 0.6) is 0 Å². The molecular formula is C26H29N3O2. The van der Waals surface area contributed by atoms with Crippen molar-refractivity contribution in [1.82, 2.24) is 4.90 Å². The number of carbonyl (C=O) groups is 1. The molecule has 1 aliphatic carbocycles. The second kappa shape index (κ2) is 8.36. The monoisotopic (exact) mass is 415 g/mol. The summed E-state index contributed by atoms with van der Waals surface area (Å²) in [6.07, 6.45) is 6.47. The summed E-state index contributed by atoms with van der Waals surface area (Å²) in [5.41, 5.74) is 4.96. The fraction of sp³-hybridized carbons (Fsp3) is 0.462. The van der Waals surface area contributed by atoms with E-state index in [1.54, 1.807) is 0 Å². The number of anilines is 1. The third-order valence-electron chi connectivity index (χ3n) is 7.45. The first kappa shape index (κ1) is 20.1. The molecule has 5 nitrogen and oxygen atoms in total. The van der Waals surface area contributed by atoms with Crippen LogP contribution in [0.25, 0.3) is 11.1 Å². The quantitative estimate of drug-likeness (QED) is 0.775. The van der Waals surface area contributed by atoms with E-state index >= 15 is 0 Å². The lowest BCUT2D eigenvalue weighted by atomic mass is 9.81. The molecule has 160 valence electrons. The highest BCUT2D eigenvalue weighted by Gasteiger charge is 2.46. The maximum atomic E-state index is 13.5. The van der Waals surface area contributed by atoms with Gasteiger partial charge in [-0.2, -0.15) is 5.26 Å². The number of nitrogens with one attached hydrogen (secondary N) is 1. The molecule has 5 heteroatoms. The summed E-state index contributed by atoms with van der Waals surface area (Å²) in [7, 11) is 0. The molecule has 2 aromatic carbocycles. The largest absolute Gasteiger partial charge is 0.394 e. The van der Waals surface area contributed by atoms with Crippen molar-refractivity contribution in [2.45, 2.75) is 50.6 Å². The van der Waals surface area contributed by atoms with E-state index in [2.05, 4.69) is 34.5 Å². The molecule has 2 fully saturated rings. The second-order valence-electron chi connectivity index (χ2n) is 9.19. The van der Waals surface area contributed by atoms with Gasteiger partial charge in [0, 0.05) is 24.1 Å². The molecule has 0 bridgehead atoms. The molecule has 0 radical (unpaired) electrons. The van der Waals surface area contributed by atoms with Crippen LogP contribution < -0.4 is 5.32 Å². The van der Waals surface area contributed by atoms with E-state index in [-0.39, 0.29) is 30.5 Å². The zero-order chi connectivity index (χ0) is 21.4. The van der Waals surface area contributed by atoms with Crippen molar-refractivity contribution in [3.63, 3.8) is 0 Å². The van der Waals surface area contributed by atoms with Gasteiger partial charge < -0.3 is 15.3 Å². The number of likely N-dealkylation sites (tertiary alicyclic amines) is 1. The van der Waals surface area contributed by atoms with Gasteiger partial charge in [-0.15, -0.1) is 0 Å². The lowest BCUT2D eigenvalue weighted by Crippen LogP contribution is -2.44. The van der Waals surface area contributed by atoms with E-state index in [4.69, 9.17) is 5.26 Å². The lowest BCUT2D eigenvalue weighted by molar-refractivity contribution is -0.138. The molecule has 0 spiro atoms. The van der Waals surface area contributed by atoms with Gasteiger partial charge in [0.2, 0.25) is 5.91 Å². The van der Waals surface area contributed by atoms with E-state index in [1.807, 2.05) is 24.3 Å². The lowest BCUT2D eigenvalue weighted by Gasteiger charge is -2.40. The molecule has 1 saturated heterocycles. The number of benzene rings is 2. The normalized spacial score (nSPS) is 25.3. The summed E-state index contributed by atoms with van der Waals surface area (Å²) in [6.45, 7) is 0.840. The van der Waals surface area contributed by atoms with Crippen molar-refractivity contribution >= 4 is 11.6 Å². The number of nitriles is 1. The SMILES string of the molecule is N#Cc1ccc(-c2ccc3c(c2)[C@@H]2[C@@H](CCN2C(=O)C2CCCCC2)[C@@H](CO)N3)cc1. The van der Waals surface area contributed by atoms with E-state index in [9.17, 15) is 9.90 Å². The highest BCUT2D eigenvalue weighted by Crippen LogP contribution is 2.48. The van der Waals surface area contributed by atoms with Crippen LogP contribution in [-0.4, -0.2) is 35.1 Å². The van der Waals surface area contributed by atoms with Gasteiger partial charge in [-0.25, -0.2) is 0 Å². The topological polar surface area (TPSA) is 76.4 Å². The fourth-order valence-corrected chi connectivity index (χ4v) is 5.81. The van der Waals surface area contributed by atoms with Crippen molar-refractivity contribution in [3.05, 3.63) is 53.6 Å². The average molecular weight is 416 g/mol. The van der Waals surface area contributed by atoms with Crippen molar-refractivity contribution in [3.8, 4) is 17.2 Å². The van der Waals surface area contributed by atoms with E-state index in [0.717, 1.165) is 61.0 Å². The van der Waals surface area contributed by atoms with Crippen LogP contribution in [0.4, 0.5) is 5.69 Å². The van der Waals surface area contributed by atoms with Crippen LogP contribution in [0.2, 0.25) is 0 Å². The van der Waals surface area contributed by atoms with Gasteiger partial charge in [-0.05, 0) is 60.2 Å². The number of hydrogen-bond donors (Lipinski definition) is 2. The predicted molar refractivity (Wildman–Crippen MR) is 120 cm³/mol. The highest BCUT2D eigenvalue weighted by atomic mass is 16.3. The molecular weight excluding hydrogens is 386 g/mol. The number of amides is 1. The van der Waals surface area contributed by atoms with Crippen LogP contribution in [0, 0.1) is 23.2 Å². The minimum absolute atomic E-state index is 0.0150. The minimum Gasteiger partial charge on any atom is -0.394 e. The molecule has 2 aliphatic heterocycles.